The predicted octanol–water partition coefficient (Wildman–Crippen LogP) is 3.83. The van der Waals surface area contributed by atoms with E-state index in [0.29, 0.717) is 0 Å². The minimum absolute atomic E-state index is 0.0210. The molecule has 0 radical (unpaired) electrons. The van der Waals surface area contributed by atoms with E-state index in [1.165, 1.54) is 5.57 Å². The van der Waals surface area contributed by atoms with Crippen molar-refractivity contribution in [2.45, 2.75) is 39.2 Å². The van der Waals surface area contributed by atoms with Crippen LogP contribution in [0.3, 0.4) is 0 Å². The summed E-state index contributed by atoms with van der Waals surface area (Å²) < 4.78 is 5.60. The van der Waals surface area contributed by atoms with Crippen LogP contribution in [0, 0.1) is 0 Å². The Morgan fingerprint density at radius 3 is 2.82 bits per heavy atom. The van der Waals surface area contributed by atoms with Crippen LogP contribution in [0.2, 0.25) is 0 Å². The van der Waals surface area contributed by atoms with Gasteiger partial charge in [-0.3, -0.25) is 0 Å². The van der Waals surface area contributed by atoms with E-state index in [0.717, 1.165) is 37.2 Å². The number of nitrogens with two attached hydrogens (primary N) is 1. The third-order valence-corrected chi connectivity index (χ3v) is 2.77. The van der Waals surface area contributed by atoms with Gasteiger partial charge in [0.05, 0.1) is 6.61 Å². The summed E-state index contributed by atoms with van der Waals surface area (Å²) >= 11 is 0. The third kappa shape index (κ3) is 4.61. The molecule has 0 saturated carbocycles. The lowest BCUT2D eigenvalue weighted by Crippen LogP contribution is -2.11. The Balaban J connectivity index is 2.66. The number of ether oxygens (including phenoxy) is 1. The van der Waals surface area contributed by atoms with Crippen LogP contribution in [-0.4, -0.2) is 6.61 Å². The first-order valence-electron chi connectivity index (χ1n) is 6.32. The van der Waals surface area contributed by atoms with Crippen molar-refractivity contribution in [1.82, 2.24) is 0 Å². The molecule has 0 bridgehead atoms. The van der Waals surface area contributed by atoms with E-state index in [4.69, 9.17) is 10.5 Å². The van der Waals surface area contributed by atoms with Crippen LogP contribution in [0.4, 0.5) is 0 Å². The molecule has 1 atom stereocenters. The molecule has 0 amide bonds. The van der Waals surface area contributed by atoms with Crippen molar-refractivity contribution in [3.63, 3.8) is 0 Å². The van der Waals surface area contributed by atoms with E-state index < -0.39 is 0 Å². The molecule has 0 saturated heterocycles. The van der Waals surface area contributed by atoms with Crippen molar-refractivity contribution in [1.29, 1.82) is 0 Å². The lowest BCUT2D eigenvalue weighted by Gasteiger charge is -2.14. The van der Waals surface area contributed by atoms with E-state index in [-0.39, 0.29) is 6.04 Å². The van der Waals surface area contributed by atoms with Gasteiger partial charge in [0.2, 0.25) is 0 Å². The zero-order valence-electron chi connectivity index (χ0n) is 10.9. The van der Waals surface area contributed by atoms with Crippen molar-refractivity contribution in [2.24, 2.45) is 5.73 Å². The van der Waals surface area contributed by atoms with E-state index in [9.17, 15) is 0 Å². The maximum Gasteiger partial charge on any atom is 0.119 e. The van der Waals surface area contributed by atoms with Crippen molar-refractivity contribution in [3.05, 3.63) is 42.0 Å². The summed E-state index contributed by atoms with van der Waals surface area (Å²) in [5.74, 6) is 0.905. The summed E-state index contributed by atoms with van der Waals surface area (Å²) in [7, 11) is 0. The first-order valence-corrected chi connectivity index (χ1v) is 6.32. The van der Waals surface area contributed by atoms with Gasteiger partial charge >= 0.3 is 0 Å². The van der Waals surface area contributed by atoms with Crippen LogP contribution in [-0.2, 0) is 0 Å². The van der Waals surface area contributed by atoms with Crippen LogP contribution in [0.1, 0.15) is 44.7 Å². The highest BCUT2D eigenvalue weighted by molar-refractivity contribution is 5.31. The summed E-state index contributed by atoms with van der Waals surface area (Å²) in [5, 5.41) is 0. The molecule has 0 aliphatic rings. The molecule has 2 nitrogen and oxygen atoms in total. The molecule has 1 aromatic carbocycles. The second kappa shape index (κ2) is 7.13. The van der Waals surface area contributed by atoms with Crippen LogP contribution in [0.25, 0.3) is 0 Å². The Hall–Kier alpha value is -1.28. The first-order chi connectivity index (χ1) is 8.17. The van der Waals surface area contributed by atoms with E-state index in [1.807, 2.05) is 24.3 Å². The third-order valence-electron chi connectivity index (χ3n) is 2.77. The summed E-state index contributed by atoms with van der Waals surface area (Å²) in [6, 6.07) is 8.07. The van der Waals surface area contributed by atoms with Crippen LogP contribution >= 0.6 is 0 Å². The molecule has 0 fully saturated rings. The average Bonchev–Trinajstić information content (AvgIpc) is 2.36. The highest BCUT2D eigenvalue weighted by atomic mass is 16.5. The lowest BCUT2D eigenvalue weighted by molar-refractivity contribution is 0.317. The second-order valence-corrected chi connectivity index (χ2v) is 4.34. The van der Waals surface area contributed by atoms with Gasteiger partial charge < -0.3 is 10.5 Å². The fraction of sp³-hybridized carbons (Fsp3) is 0.467. The fourth-order valence-corrected chi connectivity index (χ4v) is 1.63. The number of rotatable bonds is 7. The molecule has 94 valence electrons. The van der Waals surface area contributed by atoms with E-state index >= 15 is 0 Å². The van der Waals surface area contributed by atoms with Gasteiger partial charge in [0, 0.05) is 6.04 Å². The Kier molecular flexibility index (Phi) is 5.78. The van der Waals surface area contributed by atoms with E-state index in [1.54, 1.807) is 0 Å². The van der Waals surface area contributed by atoms with Gasteiger partial charge in [-0.25, -0.2) is 0 Å². The van der Waals surface area contributed by atoms with Gasteiger partial charge in [0.15, 0.2) is 0 Å². The molecule has 0 aromatic heterocycles. The van der Waals surface area contributed by atoms with Crippen LogP contribution in [0.5, 0.6) is 5.75 Å². The van der Waals surface area contributed by atoms with E-state index in [2.05, 4.69) is 20.4 Å². The van der Waals surface area contributed by atoms with Gasteiger partial charge in [-0.15, -0.1) is 0 Å². The quantitative estimate of drug-likeness (QED) is 0.726. The molecule has 0 aliphatic carbocycles. The van der Waals surface area contributed by atoms with Crippen molar-refractivity contribution in [2.75, 3.05) is 6.61 Å². The van der Waals surface area contributed by atoms with Crippen molar-refractivity contribution >= 4 is 0 Å². The Bertz CT molecular complexity index is 360. The molecule has 2 N–H and O–H groups in total. The minimum Gasteiger partial charge on any atom is -0.494 e. The molecule has 2 heteroatoms. The van der Waals surface area contributed by atoms with Crippen molar-refractivity contribution < 1.29 is 4.74 Å². The summed E-state index contributed by atoms with van der Waals surface area (Å²) in [5.41, 5.74) is 8.46. The SMILES string of the molecule is C=C(CC)CC(N)c1cccc(OCCC)c1. The molecule has 1 aromatic rings. The summed E-state index contributed by atoms with van der Waals surface area (Å²) in [6.07, 6.45) is 2.84. The summed E-state index contributed by atoms with van der Waals surface area (Å²) in [4.78, 5) is 0. The maximum absolute atomic E-state index is 6.15. The molecular formula is C15H23NO. The topological polar surface area (TPSA) is 35.2 Å². The molecule has 0 spiro atoms. The molecule has 17 heavy (non-hydrogen) atoms. The Morgan fingerprint density at radius 2 is 2.18 bits per heavy atom. The standard InChI is InChI=1S/C15H23NO/c1-4-9-17-14-8-6-7-13(11-14)15(16)10-12(3)5-2/h6-8,11,15H,3-5,9-10,16H2,1-2H3. The second-order valence-electron chi connectivity index (χ2n) is 4.34. The lowest BCUT2D eigenvalue weighted by atomic mass is 9.99. The van der Waals surface area contributed by atoms with Gasteiger partial charge in [-0.05, 0) is 37.0 Å². The summed E-state index contributed by atoms with van der Waals surface area (Å²) in [6.45, 7) is 8.95. The molecular weight excluding hydrogens is 210 g/mol. The van der Waals surface area contributed by atoms with Gasteiger partial charge in [0.25, 0.3) is 0 Å². The normalized spacial score (nSPS) is 12.2. The largest absolute Gasteiger partial charge is 0.494 e. The highest BCUT2D eigenvalue weighted by Gasteiger charge is 2.08. The highest BCUT2D eigenvalue weighted by Crippen LogP contribution is 2.23. The van der Waals surface area contributed by atoms with Crippen molar-refractivity contribution in [3.8, 4) is 5.75 Å². The fourth-order valence-electron chi connectivity index (χ4n) is 1.63. The van der Waals surface area contributed by atoms with Gasteiger partial charge in [0.1, 0.15) is 5.75 Å². The zero-order valence-corrected chi connectivity index (χ0v) is 10.9. The molecule has 0 aliphatic heterocycles. The van der Waals surface area contributed by atoms with Gasteiger partial charge in [-0.2, -0.15) is 0 Å². The minimum atomic E-state index is 0.0210. The van der Waals surface area contributed by atoms with Crippen LogP contribution in [0.15, 0.2) is 36.4 Å². The maximum atomic E-state index is 6.15. The predicted molar refractivity (Wildman–Crippen MR) is 73.2 cm³/mol. The number of hydrogen-bond donors (Lipinski definition) is 1. The Morgan fingerprint density at radius 1 is 1.41 bits per heavy atom. The molecule has 1 rings (SSSR count). The average molecular weight is 233 g/mol. The smallest absolute Gasteiger partial charge is 0.119 e. The first kappa shape index (κ1) is 13.8. The van der Waals surface area contributed by atoms with Crippen LogP contribution < -0.4 is 10.5 Å². The number of benzene rings is 1. The molecule has 0 heterocycles. The monoisotopic (exact) mass is 233 g/mol. The van der Waals surface area contributed by atoms with Gasteiger partial charge in [-0.1, -0.05) is 38.1 Å². The zero-order chi connectivity index (χ0) is 12.7. The molecule has 1 unspecified atom stereocenters. The Labute approximate surface area is 104 Å². The number of hydrogen-bond acceptors (Lipinski definition) is 2.